The van der Waals surface area contributed by atoms with Crippen molar-refractivity contribution < 1.29 is 19.7 Å². The van der Waals surface area contributed by atoms with Gasteiger partial charge >= 0.3 is 5.97 Å². The summed E-state index contributed by atoms with van der Waals surface area (Å²) in [4.78, 5) is 22.0. The van der Waals surface area contributed by atoms with Crippen LogP contribution in [0.2, 0.25) is 5.02 Å². The first kappa shape index (κ1) is 16.9. The molecule has 1 aromatic carbocycles. The van der Waals surface area contributed by atoms with Crippen LogP contribution in [0.4, 0.5) is 5.69 Å². The summed E-state index contributed by atoms with van der Waals surface area (Å²) in [7, 11) is 0. The van der Waals surface area contributed by atoms with Gasteiger partial charge in [0.05, 0.1) is 11.0 Å². The highest BCUT2D eigenvalue weighted by atomic mass is 35.5. The first-order chi connectivity index (χ1) is 9.85. The first-order valence-corrected chi connectivity index (χ1v) is 6.57. The van der Waals surface area contributed by atoms with E-state index in [0.29, 0.717) is 5.56 Å². The zero-order valence-electron chi connectivity index (χ0n) is 11.6. The lowest BCUT2D eigenvalue weighted by Gasteiger charge is -2.09. The van der Waals surface area contributed by atoms with Crippen molar-refractivity contribution in [2.24, 2.45) is 5.16 Å². The molecule has 1 N–H and O–H groups in total. The molecule has 0 amide bonds. The third-order valence-electron chi connectivity index (χ3n) is 2.57. The van der Waals surface area contributed by atoms with Crippen LogP contribution in [0, 0.1) is 10.1 Å². The Bertz CT molecular complexity index is 572. The van der Waals surface area contributed by atoms with Gasteiger partial charge in [-0.2, -0.15) is 0 Å². The summed E-state index contributed by atoms with van der Waals surface area (Å²) in [6, 6.07) is 4.26. The molecule has 0 saturated carbocycles. The van der Waals surface area contributed by atoms with E-state index in [1.54, 1.807) is 13.8 Å². The number of carbonyl (C=O) groups excluding carboxylic acids is 1. The number of aryl methyl sites for hydroxylation is 1. The third-order valence-corrected chi connectivity index (χ3v) is 2.81. The molecular weight excluding hydrogens is 300 g/mol. The van der Waals surface area contributed by atoms with E-state index in [2.05, 4.69) is 5.16 Å². The van der Waals surface area contributed by atoms with Gasteiger partial charge in [0.15, 0.2) is 5.71 Å². The number of oxime groups is 1. The maximum atomic E-state index is 11.6. The third kappa shape index (κ3) is 5.03. The minimum absolute atomic E-state index is 0.0184. The van der Waals surface area contributed by atoms with Crippen LogP contribution in [-0.4, -0.2) is 27.9 Å². The second-order valence-corrected chi connectivity index (χ2v) is 4.97. The van der Waals surface area contributed by atoms with Crippen LogP contribution in [-0.2, 0) is 16.0 Å². The van der Waals surface area contributed by atoms with Gasteiger partial charge in [0.25, 0.3) is 5.69 Å². The number of nitrogens with zero attached hydrogens (tertiary/aromatic N) is 2. The van der Waals surface area contributed by atoms with Crippen molar-refractivity contribution in [3.05, 3.63) is 38.9 Å². The van der Waals surface area contributed by atoms with Crippen LogP contribution < -0.4 is 0 Å². The molecule has 0 aromatic heterocycles. The summed E-state index contributed by atoms with van der Waals surface area (Å²) in [5, 5.41) is 22.9. The maximum absolute atomic E-state index is 11.6. The monoisotopic (exact) mass is 314 g/mol. The minimum atomic E-state index is -0.746. The molecule has 0 unspecified atom stereocenters. The van der Waals surface area contributed by atoms with Crippen LogP contribution in [0.25, 0.3) is 0 Å². The van der Waals surface area contributed by atoms with Crippen LogP contribution in [0.5, 0.6) is 0 Å². The lowest BCUT2D eigenvalue weighted by atomic mass is 10.1. The van der Waals surface area contributed by atoms with Crippen LogP contribution in [0.1, 0.15) is 25.8 Å². The van der Waals surface area contributed by atoms with Gasteiger partial charge in [-0.1, -0.05) is 22.8 Å². The van der Waals surface area contributed by atoms with E-state index in [-0.39, 0.29) is 35.4 Å². The van der Waals surface area contributed by atoms with Gasteiger partial charge in [0.2, 0.25) is 0 Å². The number of rotatable bonds is 6. The number of nitro benzene ring substituents is 1. The van der Waals surface area contributed by atoms with Crippen LogP contribution in [0.15, 0.2) is 23.4 Å². The fourth-order valence-electron chi connectivity index (χ4n) is 1.65. The average molecular weight is 315 g/mol. The number of hydrogen-bond acceptors (Lipinski definition) is 6. The lowest BCUT2D eigenvalue weighted by molar-refractivity contribution is -0.385. The molecule has 0 heterocycles. The van der Waals surface area contributed by atoms with Crippen molar-refractivity contribution in [2.45, 2.75) is 32.8 Å². The van der Waals surface area contributed by atoms with E-state index in [0.717, 1.165) is 0 Å². The molecule has 1 rings (SSSR count). The Morgan fingerprint density at radius 3 is 2.71 bits per heavy atom. The number of nitro groups is 1. The molecule has 0 aliphatic carbocycles. The molecule has 1 aromatic rings. The number of esters is 1. The Morgan fingerprint density at radius 2 is 2.19 bits per heavy atom. The Balaban J connectivity index is 2.83. The Kier molecular flexibility index (Phi) is 6.10. The van der Waals surface area contributed by atoms with E-state index < -0.39 is 10.9 Å². The normalized spacial score (nSPS) is 11.5. The molecule has 0 fully saturated rings. The molecule has 0 saturated heterocycles. The summed E-state index contributed by atoms with van der Waals surface area (Å²) in [6.07, 6.45) is -0.177. The molecule has 114 valence electrons. The topological polar surface area (TPSA) is 102 Å². The van der Waals surface area contributed by atoms with Gasteiger partial charge in [0.1, 0.15) is 0 Å². The molecule has 0 atom stereocenters. The van der Waals surface area contributed by atoms with Crippen molar-refractivity contribution in [2.75, 3.05) is 0 Å². The van der Waals surface area contributed by atoms with E-state index in [9.17, 15) is 14.9 Å². The molecule has 0 aliphatic heterocycles. The van der Waals surface area contributed by atoms with E-state index in [1.165, 1.54) is 18.2 Å². The zero-order chi connectivity index (χ0) is 16.0. The quantitative estimate of drug-likeness (QED) is 0.286. The molecule has 0 bridgehead atoms. The minimum Gasteiger partial charge on any atom is -0.458 e. The fourth-order valence-corrected chi connectivity index (χ4v) is 1.81. The van der Waals surface area contributed by atoms with E-state index in [4.69, 9.17) is 21.5 Å². The van der Waals surface area contributed by atoms with Crippen molar-refractivity contribution in [3.8, 4) is 0 Å². The Hall–Kier alpha value is -2.15. The molecule has 7 nitrogen and oxygen atoms in total. The zero-order valence-corrected chi connectivity index (χ0v) is 12.3. The molecule has 0 aliphatic rings. The molecule has 21 heavy (non-hydrogen) atoms. The first-order valence-electron chi connectivity index (χ1n) is 6.20. The molecule has 0 spiro atoms. The average Bonchev–Trinajstić information content (AvgIpc) is 2.39. The number of benzene rings is 1. The number of hydrogen-bond donors (Lipinski definition) is 1. The van der Waals surface area contributed by atoms with Crippen molar-refractivity contribution >= 4 is 29.0 Å². The summed E-state index contributed by atoms with van der Waals surface area (Å²) in [6.45, 7) is 3.33. The van der Waals surface area contributed by atoms with Crippen molar-refractivity contribution in [3.63, 3.8) is 0 Å². The highest BCUT2D eigenvalue weighted by Gasteiger charge is 2.19. The molecule has 0 radical (unpaired) electrons. The largest absolute Gasteiger partial charge is 0.458 e. The summed E-state index contributed by atoms with van der Waals surface area (Å²) >= 11 is 5.72. The summed E-state index contributed by atoms with van der Waals surface area (Å²) in [5.74, 6) is -0.746. The predicted octanol–water partition coefficient (Wildman–Crippen LogP) is 2.96. The summed E-state index contributed by atoms with van der Waals surface area (Å²) in [5.41, 5.74) is 0.0628. The summed E-state index contributed by atoms with van der Waals surface area (Å²) < 4.78 is 4.90. The van der Waals surface area contributed by atoms with Gasteiger partial charge in [-0.05, 0) is 26.3 Å². The molecule has 8 heteroatoms. The number of halogens is 1. The lowest BCUT2D eigenvalue weighted by Crippen LogP contribution is -2.22. The van der Waals surface area contributed by atoms with Crippen LogP contribution >= 0.6 is 11.6 Å². The second kappa shape index (κ2) is 7.58. The Morgan fingerprint density at radius 1 is 1.52 bits per heavy atom. The van der Waals surface area contributed by atoms with Crippen molar-refractivity contribution in [1.82, 2.24) is 0 Å². The maximum Gasteiger partial charge on any atom is 0.356 e. The smallest absolute Gasteiger partial charge is 0.356 e. The highest BCUT2D eigenvalue weighted by Crippen LogP contribution is 2.24. The van der Waals surface area contributed by atoms with Gasteiger partial charge in [-0.15, -0.1) is 0 Å². The molecular formula is C13H15ClN2O5. The van der Waals surface area contributed by atoms with E-state index >= 15 is 0 Å². The standard InChI is InChI=1S/C13H15ClN2O5/c1-8(2)21-13(17)11(15-18)6-4-9-3-5-10(14)7-12(9)16(19)20/h3,5,7-8,18H,4,6H2,1-2H3. The van der Waals surface area contributed by atoms with Gasteiger partial charge in [-0.3, -0.25) is 10.1 Å². The van der Waals surface area contributed by atoms with E-state index in [1.807, 2.05) is 0 Å². The SMILES string of the molecule is CC(C)OC(=O)C(CCc1ccc(Cl)cc1[N+](=O)[O-])=NO. The van der Waals surface area contributed by atoms with Gasteiger partial charge in [0, 0.05) is 23.1 Å². The fraction of sp³-hybridized carbons (Fsp3) is 0.385. The van der Waals surface area contributed by atoms with Crippen LogP contribution in [0.3, 0.4) is 0 Å². The Labute approximate surface area is 126 Å². The van der Waals surface area contributed by atoms with Gasteiger partial charge < -0.3 is 9.94 Å². The number of carbonyl (C=O) groups is 1. The number of ether oxygens (including phenoxy) is 1. The van der Waals surface area contributed by atoms with Crippen molar-refractivity contribution in [1.29, 1.82) is 0 Å². The second-order valence-electron chi connectivity index (χ2n) is 4.53. The predicted molar refractivity (Wildman–Crippen MR) is 76.9 cm³/mol. The highest BCUT2D eigenvalue weighted by molar-refractivity contribution is 6.36. The van der Waals surface area contributed by atoms with Gasteiger partial charge in [-0.25, -0.2) is 4.79 Å².